The summed E-state index contributed by atoms with van der Waals surface area (Å²) in [7, 11) is 0. The van der Waals surface area contributed by atoms with E-state index in [4.69, 9.17) is 31.4 Å². The number of anilines is 1. The van der Waals surface area contributed by atoms with E-state index in [0.29, 0.717) is 0 Å². The summed E-state index contributed by atoms with van der Waals surface area (Å²) in [6.07, 6.45) is -3.07. The van der Waals surface area contributed by atoms with Crippen LogP contribution in [0.4, 0.5) is 10.2 Å². The molecule has 180 valence electrons. The first-order valence-corrected chi connectivity index (χ1v) is 10.3. The van der Waals surface area contributed by atoms with Crippen LogP contribution in [0.2, 0.25) is 0 Å². The van der Waals surface area contributed by atoms with Crippen LogP contribution in [0.5, 0.6) is 0 Å². The topological polar surface area (TPSA) is 175 Å². The van der Waals surface area contributed by atoms with Gasteiger partial charge in [0.05, 0.1) is 0 Å². The molecule has 1 aliphatic heterocycles. The summed E-state index contributed by atoms with van der Waals surface area (Å²) in [5, 5.41) is 0. The number of carbonyl (C=O) groups excluding carboxylic acids is 2. The van der Waals surface area contributed by atoms with Crippen LogP contribution in [-0.4, -0.2) is 58.1 Å². The number of nitrogens with zero attached hydrogens (tertiary/aromatic N) is 2. The van der Waals surface area contributed by atoms with Crippen molar-refractivity contribution in [1.82, 2.24) is 9.55 Å². The highest BCUT2D eigenvalue weighted by Crippen LogP contribution is 2.42. The van der Waals surface area contributed by atoms with Gasteiger partial charge in [0, 0.05) is 6.20 Å². The Balaban J connectivity index is 2.34. The second-order valence-corrected chi connectivity index (χ2v) is 8.75. The molecule has 0 aliphatic carbocycles. The Kier molecular flexibility index (Phi) is 7.97. The lowest BCUT2D eigenvalue weighted by Crippen LogP contribution is -2.49. The van der Waals surface area contributed by atoms with Gasteiger partial charge in [0.25, 0.3) is 0 Å². The van der Waals surface area contributed by atoms with Gasteiger partial charge >= 0.3 is 17.6 Å². The van der Waals surface area contributed by atoms with Crippen LogP contribution in [0.25, 0.3) is 0 Å². The lowest BCUT2D eigenvalue weighted by Gasteiger charge is -2.29. The minimum Gasteiger partial charge on any atom is -0.462 e. The number of aromatic nitrogens is 2. The Morgan fingerprint density at radius 3 is 2.31 bits per heavy atom. The Morgan fingerprint density at radius 1 is 1.22 bits per heavy atom. The Bertz CT molecular complexity index is 889. The molecule has 2 rings (SSSR count). The van der Waals surface area contributed by atoms with Gasteiger partial charge in [-0.3, -0.25) is 14.2 Å². The van der Waals surface area contributed by atoms with Gasteiger partial charge in [-0.15, -0.1) is 0 Å². The molecule has 6 N–H and O–H groups in total. The molecule has 1 aromatic rings. The number of ether oxygens (including phenoxy) is 3. The highest BCUT2D eigenvalue weighted by Gasteiger charge is 2.58. The number of hydrogen-bond donors (Lipinski definition) is 3. The van der Waals surface area contributed by atoms with Gasteiger partial charge in [0.15, 0.2) is 18.0 Å². The van der Waals surface area contributed by atoms with Gasteiger partial charge < -0.3 is 31.4 Å². The van der Waals surface area contributed by atoms with E-state index < -0.39 is 60.4 Å². The third kappa shape index (κ3) is 5.43. The molecule has 1 saturated heterocycles. The molecule has 6 atom stereocenters. The van der Waals surface area contributed by atoms with Crippen LogP contribution in [0, 0.1) is 11.8 Å². The van der Waals surface area contributed by atoms with Crippen LogP contribution in [0.1, 0.15) is 40.8 Å². The average molecular weight is 458 g/mol. The van der Waals surface area contributed by atoms with E-state index in [1.54, 1.807) is 27.7 Å². The predicted molar refractivity (Wildman–Crippen MR) is 113 cm³/mol. The Hall–Kier alpha value is -2.57. The third-order valence-electron chi connectivity index (χ3n) is 5.40. The van der Waals surface area contributed by atoms with Crippen molar-refractivity contribution in [1.29, 1.82) is 0 Å². The maximum absolute atomic E-state index is 16.0. The molecule has 32 heavy (non-hydrogen) atoms. The Morgan fingerprint density at radius 2 is 1.78 bits per heavy atom. The molecule has 5 unspecified atom stereocenters. The van der Waals surface area contributed by atoms with Crippen molar-refractivity contribution in [3.05, 3.63) is 22.7 Å². The lowest BCUT2D eigenvalue weighted by molar-refractivity contribution is -0.164. The summed E-state index contributed by atoms with van der Waals surface area (Å²) in [6, 6.07) is -0.613. The second kappa shape index (κ2) is 9.92. The van der Waals surface area contributed by atoms with Gasteiger partial charge in [-0.1, -0.05) is 27.7 Å². The molecule has 1 aliphatic rings. The minimum atomic E-state index is -2.40. The smallest absolute Gasteiger partial charge is 0.351 e. The summed E-state index contributed by atoms with van der Waals surface area (Å²) < 4.78 is 33.1. The fourth-order valence-corrected chi connectivity index (χ4v) is 3.14. The van der Waals surface area contributed by atoms with E-state index >= 15 is 4.39 Å². The normalized spacial score (nSPS) is 27.4. The molecular formula is C20H32FN5O6. The number of rotatable bonds is 8. The van der Waals surface area contributed by atoms with E-state index in [-0.39, 0.29) is 17.7 Å². The molecular weight excluding hydrogens is 425 g/mol. The molecule has 0 aromatic carbocycles. The first kappa shape index (κ1) is 25.7. The van der Waals surface area contributed by atoms with E-state index in [0.717, 1.165) is 11.5 Å². The monoisotopic (exact) mass is 457 g/mol. The number of halogens is 1. The third-order valence-corrected chi connectivity index (χ3v) is 5.40. The summed E-state index contributed by atoms with van der Waals surface area (Å²) in [5.41, 5.74) is 13.9. The summed E-state index contributed by atoms with van der Waals surface area (Å²) >= 11 is 0. The quantitative estimate of drug-likeness (QED) is 0.446. The highest BCUT2D eigenvalue weighted by molar-refractivity contribution is 5.76. The molecule has 1 fully saturated rings. The minimum absolute atomic E-state index is 0.0520. The van der Waals surface area contributed by atoms with Crippen molar-refractivity contribution >= 4 is 17.8 Å². The zero-order chi connectivity index (χ0) is 24.4. The van der Waals surface area contributed by atoms with Crippen molar-refractivity contribution in [2.75, 3.05) is 12.3 Å². The molecule has 0 saturated carbocycles. The van der Waals surface area contributed by atoms with Crippen LogP contribution in [0.15, 0.2) is 17.1 Å². The lowest BCUT2D eigenvalue weighted by atomic mass is 9.97. The molecule has 1 aromatic heterocycles. The number of alkyl halides is 1. The van der Waals surface area contributed by atoms with Crippen molar-refractivity contribution in [3.63, 3.8) is 0 Å². The largest absolute Gasteiger partial charge is 0.462 e. The first-order valence-electron chi connectivity index (χ1n) is 10.3. The maximum atomic E-state index is 16.0. The standard InChI is InChI=1S/C20H32FN5O6/c1-9(2)13(23)16(27)30-8-11-15(32-17(28)14(24)10(3)4)20(5,21)18(31-11)26-7-6-12(22)25-19(26)29/h6-7,9-11,13-15,18H,8,23-24H2,1-5H3,(H2,22,25,29)/t11?,13?,14?,15-,18?,20?/m0/s1. The van der Waals surface area contributed by atoms with Gasteiger partial charge in [-0.25, -0.2) is 9.18 Å². The van der Waals surface area contributed by atoms with Crippen LogP contribution >= 0.6 is 0 Å². The van der Waals surface area contributed by atoms with Gasteiger partial charge in [0.2, 0.25) is 0 Å². The SMILES string of the molecule is CC(C)C(N)C(=O)OCC1OC(n2ccc(N)nc2=O)C(C)(F)[C@H]1OC(=O)C(N)C(C)C. The van der Waals surface area contributed by atoms with Crippen LogP contribution < -0.4 is 22.9 Å². The molecule has 0 spiro atoms. The number of esters is 2. The molecule has 0 amide bonds. The van der Waals surface area contributed by atoms with Crippen LogP contribution in [-0.2, 0) is 23.8 Å². The average Bonchev–Trinajstić information content (AvgIpc) is 2.94. The Labute approximate surface area is 185 Å². The summed E-state index contributed by atoms with van der Waals surface area (Å²) in [5.74, 6) is -2.08. The van der Waals surface area contributed by atoms with Crippen molar-refractivity contribution < 1.29 is 28.2 Å². The van der Waals surface area contributed by atoms with Gasteiger partial charge in [0.1, 0.15) is 30.6 Å². The predicted octanol–water partition coefficient (Wildman–Crippen LogP) is -0.127. The maximum Gasteiger partial charge on any atom is 0.351 e. The van der Waals surface area contributed by atoms with E-state index in [2.05, 4.69) is 4.98 Å². The molecule has 2 heterocycles. The van der Waals surface area contributed by atoms with Crippen molar-refractivity contribution in [2.45, 2.75) is 70.8 Å². The molecule has 0 bridgehead atoms. The van der Waals surface area contributed by atoms with Crippen molar-refractivity contribution in [2.24, 2.45) is 23.3 Å². The number of hydrogen-bond acceptors (Lipinski definition) is 10. The summed E-state index contributed by atoms with van der Waals surface area (Å²) in [6.45, 7) is 7.56. The number of nitrogens with two attached hydrogens (primary N) is 3. The highest BCUT2D eigenvalue weighted by atomic mass is 19.1. The molecule has 11 nitrogen and oxygen atoms in total. The van der Waals surface area contributed by atoms with E-state index in [1.165, 1.54) is 12.3 Å². The molecule has 12 heteroatoms. The second-order valence-electron chi connectivity index (χ2n) is 8.75. The van der Waals surface area contributed by atoms with Gasteiger partial charge in [-0.2, -0.15) is 4.98 Å². The fraction of sp³-hybridized carbons (Fsp3) is 0.700. The van der Waals surface area contributed by atoms with Gasteiger partial charge in [-0.05, 0) is 24.8 Å². The fourth-order valence-electron chi connectivity index (χ4n) is 3.14. The number of carbonyl (C=O) groups is 2. The van der Waals surface area contributed by atoms with E-state index in [9.17, 15) is 14.4 Å². The first-order chi connectivity index (χ1) is 14.8. The van der Waals surface area contributed by atoms with Crippen LogP contribution in [0.3, 0.4) is 0 Å². The molecule has 0 radical (unpaired) electrons. The van der Waals surface area contributed by atoms with Crippen molar-refractivity contribution in [3.8, 4) is 0 Å². The zero-order valence-electron chi connectivity index (χ0n) is 18.9. The summed E-state index contributed by atoms with van der Waals surface area (Å²) in [4.78, 5) is 40.5. The zero-order valence-corrected chi connectivity index (χ0v) is 18.9. The number of nitrogen functional groups attached to an aromatic ring is 1. The van der Waals surface area contributed by atoms with E-state index in [1.807, 2.05) is 0 Å².